The molecular weight excluding hydrogens is 320 g/mol. The Hall–Kier alpha value is -1.17. The highest BCUT2D eigenvalue weighted by atomic mass is 79.9. The van der Waals surface area contributed by atoms with Crippen molar-refractivity contribution in [2.45, 2.75) is 31.7 Å². The highest BCUT2D eigenvalue weighted by Crippen LogP contribution is 2.25. The van der Waals surface area contributed by atoms with Crippen molar-refractivity contribution in [2.75, 3.05) is 6.61 Å². The zero-order valence-corrected chi connectivity index (χ0v) is 11.8. The van der Waals surface area contributed by atoms with Gasteiger partial charge in [-0.2, -0.15) is 4.39 Å². The zero-order valence-electron chi connectivity index (χ0n) is 10.2. The van der Waals surface area contributed by atoms with Crippen LogP contribution in [0.2, 0.25) is 0 Å². The third-order valence-corrected chi connectivity index (χ3v) is 3.50. The summed E-state index contributed by atoms with van der Waals surface area (Å²) >= 11 is 3.04. The summed E-state index contributed by atoms with van der Waals surface area (Å²) in [5.74, 6) is -2.68. The Morgan fingerprint density at radius 1 is 1.37 bits per heavy atom. The molecule has 104 valence electrons. The number of ether oxygens (including phenoxy) is 1. The van der Waals surface area contributed by atoms with Gasteiger partial charge in [-0.25, -0.2) is 4.39 Å². The normalized spacial score (nSPS) is 15.5. The van der Waals surface area contributed by atoms with E-state index in [-0.39, 0.29) is 24.3 Å². The van der Waals surface area contributed by atoms with Gasteiger partial charge in [0, 0.05) is 10.5 Å². The fourth-order valence-corrected chi connectivity index (χ4v) is 2.53. The molecule has 0 aromatic heterocycles. The molecule has 0 spiro atoms. The van der Waals surface area contributed by atoms with E-state index in [0.29, 0.717) is 4.47 Å². The number of benzene rings is 1. The van der Waals surface area contributed by atoms with Gasteiger partial charge in [-0.3, -0.25) is 4.79 Å². The predicted octanol–water partition coefficient (Wildman–Crippen LogP) is 3.16. The van der Waals surface area contributed by atoms with Crippen molar-refractivity contribution in [3.63, 3.8) is 0 Å². The quantitative estimate of drug-likeness (QED) is 0.859. The Labute approximate surface area is 118 Å². The Morgan fingerprint density at radius 3 is 2.74 bits per heavy atom. The molecule has 1 aromatic rings. The van der Waals surface area contributed by atoms with Crippen molar-refractivity contribution in [1.29, 1.82) is 0 Å². The van der Waals surface area contributed by atoms with Gasteiger partial charge in [0.1, 0.15) is 0 Å². The first kappa shape index (κ1) is 14.2. The Kier molecular flexibility index (Phi) is 4.74. The lowest BCUT2D eigenvalue weighted by atomic mass is 10.2. The molecule has 1 aliphatic carbocycles. The average molecular weight is 334 g/mol. The van der Waals surface area contributed by atoms with Crippen LogP contribution in [0.15, 0.2) is 16.6 Å². The molecule has 0 aliphatic heterocycles. The first-order valence-corrected chi connectivity index (χ1v) is 6.92. The van der Waals surface area contributed by atoms with Crippen LogP contribution in [-0.4, -0.2) is 18.6 Å². The summed E-state index contributed by atoms with van der Waals surface area (Å²) in [6, 6.07) is 2.47. The maximum absolute atomic E-state index is 13.4. The lowest BCUT2D eigenvalue weighted by Gasteiger charge is -2.13. The fourth-order valence-electron chi connectivity index (χ4n) is 2.12. The molecule has 1 saturated carbocycles. The van der Waals surface area contributed by atoms with Gasteiger partial charge in [-0.1, -0.05) is 28.8 Å². The van der Waals surface area contributed by atoms with Crippen LogP contribution in [0.25, 0.3) is 0 Å². The first-order chi connectivity index (χ1) is 9.06. The van der Waals surface area contributed by atoms with Crippen molar-refractivity contribution < 1.29 is 18.3 Å². The third kappa shape index (κ3) is 3.89. The summed E-state index contributed by atoms with van der Waals surface area (Å²) in [5.41, 5.74) is 0. The molecule has 0 atom stereocenters. The maximum atomic E-state index is 13.4. The zero-order chi connectivity index (χ0) is 13.8. The van der Waals surface area contributed by atoms with E-state index in [1.165, 1.54) is 6.07 Å². The van der Waals surface area contributed by atoms with Gasteiger partial charge >= 0.3 is 0 Å². The molecule has 6 heteroatoms. The minimum Gasteiger partial charge on any atom is -0.481 e. The van der Waals surface area contributed by atoms with Crippen LogP contribution in [0.5, 0.6) is 5.75 Å². The van der Waals surface area contributed by atoms with E-state index in [4.69, 9.17) is 4.74 Å². The molecular formula is C13H14BrF2NO2. The van der Waals surface area contributed by atoms with E-state index in [2.05, 4.69) is 21.2 Å². The Balaban J connectivity index is 1.89. The minimum atomic E-state index is -1.09. The van der Waals surface area contributed by atoms with Crippen LogP contribution in [0.1, 0.15) is 25.7 Å². The van der Waals surface area contributed by atoms with Gasteiger partial charge in [-0.05, 0) is 25.0 Å². The summed E-state index contributed by atoms with van der Waals surface area (Å²) < 4.78 is 31.9. The van der Waals surface area contributed by atoms with Crippen LogP contribution in [0, 0.1) is 11.6 Å². The molecule has 3 nitrogen and oxygen atoms in total. The lowest BCUT2D eigenvalue weighted by molar-refractivity contribution is -0.123. The molecule has 1 aromatic carbocycles. The van der Waals surface area contributed by atoms with E-state index in [9.17, 15) is 13.6 Å². The van der Waals surface area contributed by atoms with Gasteiger partial charge < -0.3 is 10.1 Å². The van der Waals surface area contributed by atoms with Crippen molar-refractivity contribution in [3.8, 4) is 5.75 Å². The van der Waals surface area contributed by atoms with E-state index in [1.807, 2.05) is 0 Å². The summed E-state index contributed by atoms with van der Waals surface area (Å²) in [6.07, 6.45) is 4.14. The van der Waals surface area contributed by atoms with Crippen molar-refractivity contribution in [3.05, 3.63) is 28.2 Å². The topological polar surface area (TPSA) is 38.3 Å². The number of nitrogens with one attached hydrogen (secondary N) is 1. The number of rotatable bonds is 4. The van der Waals surface area contributed by atoms with Crippen LogP contribution in [0.4, 0.5) is 8.78 Å². The fraction of sp³-hybridized carbons (Fsp3) is 0.462. The molecule has 0 heterocycles. The van der Waals surface area contributed by atoms with Gasteiger partial charge in [0.05, 0.1) is 0 Å². The highest BCUT2D eigenvalue weighted by molar-refractivity contribution is 9.10. The number of carbonyl (C=O) groups excluding carboxylic acids is 1. The summed E-state index contributed by atoms with van der Waals surface area (Å²) in [4.78, 5) is 11.6. The first-order valence-electron chi connectivity index (χ1n) is 6.13. The smallest absolute Gasteiger partial charge is 0.258 e. The van der Waals surface area contributed by atoms with Crippen molar-refractivity contribution in [2.24, 2.45) is 0 Å². The minimum absolute atomic E-state index is 0.181. The number of hydrogen-bond donors (Lipinski definition) is 1. The largest absolute Gasteiger partial charge is 0.481 e. The molecule has 19 heavy (non-hydrogen) atoms. The number of carbonyl (C=O) groups is 1. The molecule has 0 unspecified atom stereocenters. The Bertz CT molecular complexity index is 476. The molecule has 1 amide bonds. The Morgan fingerprint density at radius 2 is 2.05 bits per heavy atom. The van der Waals surface area contributed by atoms with Crippen molar-refractivity contribution >= 4 is 21.8 Å². The van der Waals surface area contributed by atoms with E-state index in [1.54, 1.807) is 0 Å². The molecule has 2 rings (SSSR count). The van der Waals surface area contributed by atoms with Gasteiger partial charge in [-0.15, -0.1) is 0 Å². The second-order valence-corrected chi connectivity index (χ2v) is 5.45. The molecule has 1 aliphatic rings. The molecule has 1 N–H and O–H groups in total. The van der Waals surface area contributed by atoms with E-state index < -0.39 is 11.6 Å². The van der Waals surface area contributed by atoms with Gasteiger partial charge in [0.25, 0.3) is 5.91 Å². The van der Waals surface area contributed by atoms with Crippen LogP contribution < -0.4 is 10.1 Å². The average Bonchev–Trinajstić information content (AvgIpc) is 2.84. The SMILES string of the molecule is O=C(COc1cc(Br)cc(F)c1F)NC1CCCC1. The van der Waals surface area contributed by atoms with Crippen molar-refractivity contribution in [1.82, 2.24) is 5.32 Å². The maximum Gasteiger partial charge on any atom is 0.258 e. The summed E-state index contributed by atoms with van der Waals surface area (Å²) in [7, 11) is 0. The lowest BCUT2D eigenvalue weighted by Crippen LogP contribution is -2.36. The third-order valence-electron chi connectivity index (χ3n) is 3.04. The van der Waals surface area contributed by atoms with Crippen LogP contribution >= 0.6 is 15.9 Å². The predicted molar refractivity (Wildman–Crippen MR) is 70.0 cm³/mol. The van der Waals surface area contributed by atoms with E-state index in [0.717, 1.165) is 31.7 Å². The van der Waals surface area contributed by atoms with Crippen LogP contribution in [0.3, 0.4) is 0 Å². The van der Waals surface area contributed by atoms with Crippen LogP contribution in [-0.2, 0) is 4.79 Å². The monoisotopic (exact) mass is 333 g/mol. The molecule has 1 fully saturated rings. The number of amides is 1. The number of halogens is 3. The molecule has 0 saturated heterocycles. The van der Waals surface area contributed by atoms with Gasteiger partial charge in [0.15, 0.2) is 18.2 Å². The molecule has 0 bridgehead atoms. The summed E-state index contributed by atoms with van der Waals surface area (Å²) in [6.45, 7) is -0.316. The van der Waals surface area contributed by atoms with E-state index >= 15 is 0 Å². The second-order valence-electron chi connectivity index (χ2n) is 4.54. The second kappa shape index (κ2) is 6.32. The number of hydrogen-bond acceptors (Lipinski definition) is 2. The highest BCUT2D eigenvalue weighted by Gasteiger charge is 2.18. The summed E-state index contributed by atoms with van der Waals surface area (Å²) in [5, 5.41) is 2.81. The van der Waals surface area contributed by atoms with Gasteiger partial charge in [0.2, 0.25) is 5.82 Å². The standard InChI is InChI=1S/C13H14BrF2NO2/c14-8-5-10(15)13(16)11(6-8)19-7-12(18)17-9-3-1-2-4-9/h5-6,9H,1-4,7H2,(H,17,18). The molecule has 0 radical (unpaired) electrons.